The van der Waals surface area contributed by atoms with Gasteiger partial charge in [-0.05, 0) is 69.5 Å². The van der Waals surface area contributed by atoms with Crippen LogP contribution in [0.4, 0.5) is 5.69 Å². The van der Waals surface area contributed by atoms with Gasteiger partial charge in [0.2, 0.25) is 5.91 Å². The number of nitrogens with one attached hydrogen (secondary N) is 2. The first-order valence-electron chi connectivity index (χ1n) is 8.75. The largest absolute Gasteiger partial charge is 0.481 e. The molecule has 0 aliphatic rings. The lowest BCUT2D eigenvalue weighted by Crippen LogP contribution is -2.40. The molecule has 2 amide bonds. The lowest BCUT2D eigenvalue weighted by atomic mass is 10.1. The van der Waals surface area contributed by atoms with Gasteiger partial charge < -0.3 is 15.4 Å². The van der Waals surface area contributed by atoms with E-state index in [4.69, 9.17) is 16.3 Å². The standard InChI is InChI=1S/C21H25ClN2O3/c1-12-8-14(3)20(15(4)9-12)24-19(25)11-23-21(26)16(5)27-17-6-7-18(22)13(2)10-17/h6-10,16H,11H2,1-5H3,(H,23,26)(H,24,25). The topological polar surface area (TPSA) is 67.4 Å². The molecule has 0 bridgehead atoms. The fourth-order valence-electron chi connectivity index (χ4n) is 2.82. The van der Waals surface area contributed by atoms with Gasteiger partial charge in [-0.1, -0.05) is 29.3 Å². The maximum Gasteiger partial charge on any atom is 0.261 e. The van der Waals surface area contributed by atoms with Crippen LogP contribution < -0.4 is 15.4 Å². The van der Waals surface area contributed by atoms with Crippen LogP contribution in [0.5, 0.6) is 5.75 Å². The van der Waals surface area contributed by atoms with E-state index in [1.165, 1.54) is 0 Å². The van der Waals surface area contributed by atoms with Crippen molar-refractivity contribution in [3.8, 4) is 5.75 Å². The van der Waals surface area contributed by atoms with Crippen molar-refractivity contribution in [3.63, 3.8) is 0 Å². The average Bonchev–Trinajstić information content (AvgIpc) is 2.59. The second kappa shape index (κ2) is 8.91. The Labute approximate surface area is 165 Å². The third-order valence-electron chi connectivity index (χ3n) is 4.18. The van der Waals surface area contributed by atoms with Crippen molar-refractivity contribution < 1.29 is 14.3 Å². The molecule has 2 aromatic rings. The second-order valence-corrected chi connectivity index (χ2v) is 7.12. The van der Waals surface area contributed by atoms with E-state index >= 15 is 0 Å². The maximum absolute atomic E-state index is 12.2. The summed E-state index contributed by atoms with van der Waals surface area (Å²) in [5.74, 6) is -0.0991. The number of rotatable bonds is 6. The van der Waals surface area contributed by atoms with Crippen molar-refractivity contribution in [2.24, 2.45) is 0 Å². The molecule has 27 heavy (non-hydrogen) atoms. The fraction of sp³-hybridized carbons (Fsp3) is 0.333. The van der Waals surface area contributed by atoms with Crippen LogP contribution in [-0.4, -0.2) is 24.5 Å². The molecular formula is C21H25ClN2O3. The molecule has 0 radical (unpaired) electrons. The van der Waals surface area contributed by atoms with Crippen LogP contribution >= 0.6 is 11.6 Å². The molecule has 2 aromatic carbocycles. The summed E-state index contributed by atoms with van der Waals surface area (Å²) < 4.78 is 5.61. The van der Waals surface area contributed by atoms with Crippen LogP contribution in [0.25, 0.3) is 0 Å². The Morgan fingerprint density at radius 2 is 1.67 bits per heavy atom. The molecule has 0 spiro atoms. The third kappa shape index (κ3) is 5.73. The summed E-state index contributed by atoms with van der Waals surface area (Å²) in [7, 11) is 0. The highest BCUT2D eigenvalue weighted by atomic mass is 35.5. The van der Waals surface area contributed by atoms with Gasteiger partial charge in [-0.2, -0.15) is 0 Å². The normalized spacial score (nSPS) is 11.6. The van der Waals surface area contributed by atoms with Gasteiger partial charge in [0.15, 0.2) is 6.10 Å². The van der Waals surface area contributed by atoms with Crippen LogP contribution in [0, 0.1) is 27.7 Å². The molecule has 0 saturated heterocycles. The zero-order valence-electron chi connectivity index (χ0n) is 16.3. The van der Waals surface area contributed by atoms with E-state index in [-0.39, 0.29) is 18.4 Å². The molecule has 0 aliphatic carbocycles. The van der Waals surface area contributed by atoms with E-state index in [9.17, 15) is 9.59 Å². The first-order valence-corrected chi connectivity index (χ1v) is 9.13. The predicted molar refractivity (Wildman–Crippen MR) is 109 cm³/mol. The summed E-state index contributed by atoms with van der Waals surface area (Å²) >= 11 is 5.98. The lowest BCUT2D eigenvalue weighted by Gasteiger charge is -2.16. The number of ether oxygens (including phenoxy) is 1. The zero-order valence-corrected chi connectivity index (χ0v) is 17.0. The maximum atomic E-state index is 12.2. The third-order valence-corrected chi connectivity index (χ3v) is 4.60. The number of carbonyl (C=O) groups is 2. The number of hydrogen-bond acceptors (Lipinski definition) is 3. The van der Waals surface area contributed by atoms with E-state index in [1.54, 1.807) is 25.1 Å². The van der Waals surface area contributed by atoms with Crippen molar-refractivity contribution in [3.05, 3.63) is 57.6 Å². The summed E-state index contributed by atoms with van der Waals surface area (Å²) in [5, 5.41) is 6.09. The monoisotopic (exact) mass is 388 g/mol. The molecule has 0 aliphatic heterocycles. The summed E-state index contributed by atoms with van der Waals surface area (Å²) in [6, 6.07) is 9.20. The molecule has 1 atom stereocenters. The minimum absolute atomic E-state index is 0.126. The van der Waals surface area contributed by atoms with Gasteiger partial charge in [-0.15, -0.1) is 0 Å². The van der Waals surface area contributed by atoms with E-state index < -0.39 is 6.10 Å². The summed E-state index contributed by atoms with van der Waals surface area (Å²) in [4.78, 5) is 24.4. The molecule has 0 aromatic heterocycles. The van der Waals surface area contributed by atoms with Crippen LogP contribution in [0.2, 0.25) is 5.02 Å². The van der Waals surface area contributed by atoms with Gasteiger partial charge in [-0.3, -0.25) is 9.59 Å². The molecule has 0 saturated carbocycles. The van der Waals surface area contributed by atoms with Gasteiger partial charge in [0.05, 0.1) is 6.54 Å². The SMILES string of the molecule is Cc1cc(C)c(NC(=O)CNC(=O)C(C)Oc2ccc(Cl)c(C)c2)c(C)c1. The lowest BCUT2D eigenvalue weighted by molar-refractivity contribution is -0.129. The first-order chi connectivity index (χ1) is 12.7. The van der Waals surface area contributed by atoms with Crippen LogP contribution in [0.3, 0.4) is 0 Å². The fourth-order valence-corrected chi connectivity index (χ4v) is 2.94. The van der Waals surface area contributed by atoms with Gasteiger partial charge in [0.25, 0.3) is 5.91 Å². The van der Waals surface area contributed by atoms with Crippen molar-refractivity contribution in [1.29, 1.82) is 0 Å². The van der Waals surface area contributed by atoms with Crippen LogP contribution in [0.15, 0.2) is 30.3 Å². The number of amides is 2. The average molecular weight is 389 g/mol. The Balaban J connectivity index is 1.89. The highest BCUT2D eigenvalue weighted by molar-refractivity contribution is 6.31. The number of benzene rings is 2. The Morgan fingerprint density at radius 1 is 1.04 bits per heavy atom. The van der Waals surface area contributed by atoms with E-state index in [2.05, 4.69) is 10.6 Å². The molecule has 144 valence electrons. The first kappa shape index (κ1) is 20.8. The molecule has 5 nitrogen and oxygen atoms in total. The highest BCUT2D eigenvalue weighted by Gasteiger charge is 2.16. The summed E-state index contributed by atoms with van der Waals surface area (Å²) in [5.41, 5.74) is 4.76. The number of aryl methyl sites for hydroxylation is 4. The quantitative estimate of drug-likeness (QED) is 0.782. The number of carbonyl (C=O) groups excluding carboxylic acids is 2. The van der Waals surface area contributed by atoms with Crippen molar-refractivity contribution in [2.45, 2.75) is 40.7 Å². The molecular weight excluding hydrogens is 364 g/mol. The van der Waals surface area contributed by atoms with Crippen molar-refractivity contribution in [2.75, 3.05) is 11.9 Å². The molecule has 6 heteroatoms. The molecule has 0 fully saturated rings. The minimum atomic E-state index is -0.735. The summed E-state index contributed by atoms with van der Waals surface area (Å²) in [6.07, 6.45) is -0.735. The minimum Gasteiger partial charge on any atom is -0.481 e. The van der Waals surface area contributed by atoms with Crippen LogP contribution in [0.1, 0.15) is 29.2 Å². The molecule has 2 rings (SSSR count). The number of anilines is 1. The van der Waals surface area contributed by atoms with Crippen molar-refractivity contribution >= 4 is 29.1 Å². The molecule has 0 heterocycles. The van der Waals surface area contributed by atoms with Gasteiger partial charge in [0, 0.05) is 10.7 Å². The Bertz CT molecular complexity index is 841. The van der Waals surface area contributed by atoms with Gasteiger partial charge >= 0.3 is 0 Å². The Kier molecular flexibility index (Phi) is 6.86. The summed E-state index contributed by atoms with van der Waals surface area (Å²) in [6.45, 7) is 9.26. The van der Waals surface area contributed by atoms with Crippen molar-refractivity contribution in [1.82, 2.24) is 5.32 Å². The van der Waals surface area contributed by atoms with E-state index in [0.717, 1.165) is 27.9 Å². The zero-order chi connectivity index (χ0) is 20.1. The van der Waals surface area contributed by atoms with Crippen LogP contribution in [-0.2, 0) is 9.59 Å². The van der Waals surface area contributed by atoms with E-state index in [0.29, 0.717) is 10.8 Å². The smallest absolute Gasteiger partial charge is 0.261 e. The second-order valence-electron chi connectivity index (χ2n) is 6.71. The van der Waals surface area contributed by atoms with Gasteiger partial charge in [-0.25, -0.2) is 0 Å². The molecule has 2 N–H and O–H groups in total. The number of halogens is 1. The highest BCUT2D eigenvalue weighted by Crippen LogP contribution is 2.22. The Hall–Kier alpha value is -2.53. The number of hydrogen-bond donors (Lipinski definition) is 2. The predicted octanol–water partition coefficient (Wildman–Crippen LogP) is 4.10. The van der Waals surface area contributed by atoms with E-state index in [1.807, 2.05) is 39.8 Å². The molecule has 1 unspecified atom stereocenters. The Morgan fingerprint density at radius 3 is 2.26 bits per heavy atom. The van der Waals surface area contributed by atoms with Gasteiger partial charge in [0.1, 0.15) is 5.75 Å².